The number of carbonyl (C=O) groups excluding carboxylic acids is 14. The summed E-state index contributed by atoms with van der Waals surface area (Å²) in [6, 6.07) is -8.37. The van der Waals surface area contributed by atoms with Gasteiger partial charge >= 0.3 is 5.97 Å². The number of carboxylic acids is 1. The van der Waals surface area contributed by atoms with Gasteiger partial charge in [0.2, 0.25) is 82.7 Å². The maximum atomic E-state index is 14.7. The summed E-state index contributed by atoms with van der Waals surface area (Å²) in [6.45, 7) is 5.57. The smallest absolute Gasteiger partial charge is 0.326 e. The second kappa shape index (κ2) is 42.6. The van der Waals surface area contributed by atoms with Crippen LogP contribution in [-0.2, 0) is 78.3 Å². The lowest BCUT2D eigenvalue weighted by atomic mass is 10.0. The number of amides is 14. The molecule has 0 aliphatic heterocycles. The Morgan fingerprint density at radius 1 is 0.432 bits per heavy atom. The monoisotopic (exact) mass is 1350 g/mol. The van der Waals surface area contributed by atoms with Crippen LogP contribution in [-0.4, -0.2) is 217 Å². The number of nitrogens with one attached hydrogen (secondary N) is 10. The topological polar surface area (TPSA) is 611 Å². The molecule has 532 valence electrons. The van der Waals surface area contributed by atoms with E-state index < -0.39 is 200 Å². The molecule has 0 aliphatic rings. The number of benzene rings is 1. The molecule has 0 fully saturated rings. The number of aliphatic imine (C=N–C) groups is 1. The zero-order chi connectivity index (χ0) is 72.3. The minimum Gasteiger partial charge on any atom is -0.480 e. The molecule has 1 aromatic carbocycles. The average Bonchev–Trinajstić information content (AvgIpc) is 1.31. The van der Waals surface area contributed by atoms with Crippen LogP contribution in [0.1, 0.15) is 123 Å². The number of aliphatic hydroxyl groups excluding tert-OH is 1. The molecule has 1 aromatic rings. The van der Waals surface area contributed by atoms with E-state index in [4.69, 9.17) is 40.1 Å². The molecule has 0 aliphatic carbocycles. The summed E-state index contributed by atoms with van der Waals surface area (Å²) in [5, 5.41) is 43.9. The van der Waals surface area contributed by atoms with Crippen molar-refractivity contribution in [2.75, 3.05) is 40.8 Å². The number of unbranched alkanes of at least 4 members (excludes halogenated alkanes) is 1. The molecule has 0 heterocycles. The van der Waals surface area contributed by atoms with Gasteiger partial charge in [0, 0.05) is 38.6 Å². The maximum absolute atomic E-state index is 14.7. The van der Waals surface area contributed by atoms with Crippen LogP contribution >= 0.6 is 0 Å². The number of nitrogens with two attached hydrogens (primary N) is 7. The molecular formula is C59H100N19O17+. The van der Waals surface area contributed by atoms with Crippen molar-refractivity contribution in [3.05, 3.63) is 35.9 Å². The molecule has 26 N–H and O–H groups in total. The van der Waals surface area contributed by atoms with Crippen molar-refractivity contribution < 1.29 is 86.6 Å². The summed E-state index contributed by atoms with van der Waals surface area (Å²) < 4.78 is 0.521. The Morgan fingerprint density at radius 2 is 0.768 bits per heavy atom. The van der Waals surface area contributed by atoms with Gasteiger partial charge < -0.3 is 108 Å². The number of rotatable bonds is 47. The zero-order valence-corrected chi connectivity index (χ0v) is 55.0. The predicted octanol–water partition coefficient (Wildman–Crippen LogP) is -7.44. The van der Waals surface area contributed by atoms with Crippen LogP contribution in [0.25, 0.3) is 0 Å². The van der Waals surface area contributed by atoms with E-state index in [1.54, 1.807) is 30.3 Å². The van der Waals surface area contributed by atoms with Gasteiger partial charge in [-0.1, -0.05) is 44.2 Å². The molecule has 0 bridgehead atoms. The number of carboxylic acid groups (broad SMARTS) is 1. The summed E-state index contributed by atoms with van der Waals surface area (Å²) in [7, 11) is 5.81. The first kappa shape index (κ1) is 83.4. The van der Waals surface area contributed by atoms with Gasteiger partial charge in [0.05, 0.1) is 40.3 Å². The first-order chi connectivity index (χ1) is 44.3. The third-order valence-electron chi connectivity index (χ3n) is 14.3. The quantitative estimate of drug-likeness (QED) is 0.0125. The molecule has 0 spiro atoms. The minimum absolute atomic E-state index is 0.00684. The van der Waals surface area contributed by atoms with E-state index >= 15 is 0 Å². The second-order valence-corrected chi connectivity index (χ2v) is 24.4. The number of aliphatic hydroxyl groups is 1. The molecule has 0 saturated carbocycles. The van der Waals surface area contributed by atoms with Crippen molar-refractivity contribution in [3.63, 3.8) is 0 Å². The van der Waals surface area contributed by atoms with Crippen molar-refractivity contribution in [3.8, 4) is 0 Å². The van der Waals surface area contributed by atoms with Gasteiger partial charge in [-0.05, 0) is 89.5 Å². The van der Waals surface area contributed by atoms with Gasteiger partial charge in [-0.25, -0.2) is 4.79 Å². The first-order valence-corrected chi connectivity index (χ1v) is 31.0. The minimum atomic E-state index is -1.82. The molecule has 0 radical (unpaired) electrons. The highest BCUT2D eigenvalue weighted by atomic mass is 16.4. The highest BCUT2D eigenvalue weighted by molar-refractivity contribution is 5.99. The van der Waals surface area contributed by atoms with Crippen LogP contribution in [0, 0.1) is 5.92 Å². The van der Waals surface area contributed by atoms with E-state index in [1.165, 1.54) is 13.8 Å². The van der Waals surface area contributed by atoms with Crippen LogP contribution < -0.4 is 93.3 Å². The van der Waals surface area contributed by atoms with Gasteiger partial charge in [-0.15, -0.1) is 0 Å². The predicted molar refractivity (Wildman–Crippen MR) is 343 cm³/mol. The van der Waals surface area contributed by atoms with E-state index in [0.717, 1.165) is 0 Å². The molecule has 1 rings (SSSR count). The zero-order valence-electron chi connectivity index (χ0n) is 55.0. The molecule has 36 heteroatoms. The van der Waals surface area contributed by atoms with Gasteiger partial charge in [0.1, 0.15) is 60.4 Å². The molecular weight excluding hydrogens is 1250 g/mol. The lowest BCUT2D eigenvalue weighted by molar-refractivity contribution is -0.870. The Kier molecular flexibility index (Phi) is 37.4. The Balaban J connectivity index is 3.71. The molecule has 11 atom stereocenters. The molecule has 14 amide bonds. The Bertz CT molecular complexity index is 2830. The van der Waals surface area contributed by atoms with Gasteiger partial charge in [0.25, 0.3) is 0 Å². The highest BCUT2D eigenvalue weighted by Gasteiger charge is 2.36. The van der Waals surface area contributed by atoms with Crippen LogP contribution in [0.2, 0.25) is 0 Å². The Morgan fingerprint density at radius 3 is 1.16 bits per heavy atom. The van der Waals surface area contributed by atoms with Gasteiger partial charge in [0.15, 0.2) is 5.96 Å². The van der Waals surface area contributed by atoms with Crippen molar-refractivity contribution in [2.45, 2.75) is 190 Å². The number of hydrogen-bond donors (Lipinski definition) is 19. The van der Waals surface area contributed by atoms with Gasteiger partial charge in [-0.2, -0.15) is 0 Å². The number of nitrogens with zero attached hydrogens (tertiary/aromatic N) is 2. The number of primary amides is 4. The number of hydrogen-bond acceptors (Lipinski definition) is 18. The van der Waals surface area contributed by atoms with Crippen LogP contribution in [0.15, 0.2) is 35.3 Å². The number of aliphatic carboxylic acids is 1. The van der Waals surface area contributed by atoms with Gasteiger partial charge in [-0.3, -0.25) is 72.1 Å². The van der Waals surface area contributed by atoms with E-state index in [2.05, 4.69) is 58.2 Å². The fourth-order valence-electron chi connectivity index (χ4n) is 9.05. The number of carbonyl (C=O) groups is 15. The van der Waals surface area contributed by atoms with Crippen molar-refractivity contribution >= 4 is 94.6 Å². The molecule has 0 aromatic heterocycles. The molecule has 36 nitrogen and oxygen atoms in total. The van der Waals surface area contributed by atoms with E-state index in [1.807, 2.05) is 35.0 Å². The third-order valence-corrected chi connectivity index (χ3v) is 14.3. The second-order valence-electron chi connectivity index (χ2n) is 24.4. The molecule has 0 unspecified atom stereocenters. The number of quaternary nitrogens is 1. The molecule has 95 heavy (non-hydrogen) atoms. The highest BCUT2D eigenvalue weighted by Crippen LogP contribution is 2.12. The summed E-state index contributed by atoms with van der Waals surface area (Å²) in [5.41, 5.74) is 38.8. The van der Waals surface area contributed by atoms with Crippen molar-refractivity contribution in [1.29, 1.82) is 0 Å². The SMILES string of the molecule is CC(C)C[C@H](N)C(=O)N[C@@H](CCC(N)=O)C(=O)N[C@@H](C)C(=O)N[C@@H](CCC(N)=O)C(=O)N[C@@H](CCCN=C(N)N)C(=O)N[C@@H](CCCC[N+](C)(C)C)C(=O)N[C@@H](Cc1ccccc1)C(=O)N[C@@H](C)C(=O)N[C@@H](CCC(N)=O)C(=O)N[C@@H](CO)C(=O)N[C@@H](CCC(N)=O)C(=O)O. The van der Waals surface area contributed by atoms with Crippen LogP contribution in [0.5, 0.6) is 0 Å². The van der Waals surface area contributed by atoms with E-state index in [-0.39, 0.29) is 63.4 Å². The van der Waals surface area contributed by atoms with Crippen molar-refractivity contribution in [2.24, 2.45) is 51.0 Å². The van der Waals surface area contributed by atoms with E-state index in [9.17, 15) is 82.1 Å². The van der Waals surface area contributed by atoms with Crippen LogP contribution in [0.4, 0.5) is 0 Å². The summed E-state index contributed by atoms with van der Waals surface area (Å²) in [4.78, 5) is 201. The fraction of sp³-hybridized carbons (Fsp3) is 0.627. The lowest BCUT2D eigenvalue weighted by Crippen LogP contribution is -2.60. The normalized spacial score (nSPS) is 14.6. The Labute approximate surface area is 551 Å². The number of guanidine groups is 1. The summed E-state index contributed by atoms with van der Waals surface area (Å²) in [5.74, 6) is -15.2. The van der Waals surface area contributed by atoms with Crippen LogP contribution in [0.3, 0.4) is 0 Å². The van der Waals surface area contributed by atoms with Crippen molar-refractivity contribution in [1.82, 2.24) is 53.2 Å². The summed E-state index contributed by atoms with van der Waals surface area (Å²) in [6.07, 6.45) is -2.71. The third kappa shape index (κ3) is 35.3. The molecule has 0 saturated heterocycles. The maximum Gasteiger partial charge on any atom is 0.326 e. The standard InChI is InChI=1S/C59H99N19O17/c1-31(2)28-35(60)50(86)72-38(18-22-44(61)80)51(87)68-32(3)48(84)70-39(19-23-45(62)81)54(90)74-37(17-13-26-67-59(65)66)52(88)73-36(16-11-12-27-78(5,6)7)53(89)76-42(29-34-14-9-8-10-15-34)56(92)69-33(4)49(85)71-40(20-24-46(63)82)55(91)77-43(30-79)57(93)75-41(58(94)95)21-25-47(64)83/h8-10,14-15,31-33,35-43,79H,11-13,16-30,60H2,1-7H3,(H22-,61,62,63,64,65,66,67,68,69,70,71,72,73,74,75,76,77,80,81,82,83,84,85,86,87,88,89,90,91,92,93,94,95)/p+1/t32-,33-,35-,36-,37-,38-,39-,40-,41-,42-,43-/m0/s1. The average molecular weight is 1350 g/mol. The largest absolute Gasteiger partial charge is 0.480 e. The fourth-order valence-corrected chi connectivity index (χ4v) is 9.05. The first-order valence-electron chi connectivity index (χ1n) is 31.0. The lowest BCUT2D eigenvalue weighted by Gasteiger charge is -2.28. The Hall–Kier alpha value is -9.58. The summed E-state index contributed by atoms with van der Waals surface area (Å²) >= 11 is 0. The van der Waals surface area contributed by atoms with E-state index in [0.29, 0.717) is 29.4 Å².